The molecule has 3 heteroatoms. The minimum atomic E-state index is -0.213. The third-order valence-electron chi connectivity index (χ3n) is 3.23. The SMILES string of the molecule is CCCCOC(=O)[C@H]1C[C@@H]1C(=O)c1ccccc1. The number of hydrogen-bond acceptors (Lipinski definition) is 3. The second-order valence-electron chi connectivity index (χ2n) is 4.70. The average Bonchev–Trinajstić information content (AvgIpc) is 3.19. The molecule has 2 atom stereocenters. The fraction of sp³-hybridized carbons (Fsp3) is 0.467. The van der Waals surface area contributed by atoms with Crippen LogP contribution in [-0.4, -0.2) is 18.4 Å². The standard InChI is InChI=1S/C15H18O3/c1-2-3-9-18-15(17)13-10-12(13)14(16)11-7-5-4-6-8-11/h4-8,12-13H,2-3,9-10H2,1H3/t12-,13-/m0/s1. The molecule has 0 saturated heterocycles. The van der Waals surface area contributed by atoms with Crippen molar-refractivity contribution in [2.45, 2.75) is 26.2 Å². The van der Waals surface area contributed by atoms with Gasteiger partial charge in [-0.2, -0.15) is 0 Å². The van der Waals surface area contributed by atoms with Crippen LogP contribution in [0.1, 0.15) is 36.5 Å². The normalized spacial score (nSPS) is 21.4. The Morgan fingerprint density at radius 1 is 1.22 bits per heavy atom. The van der Waals surface area contributed by atoms with Crippen LogP contribution >= 0.6 is 0 Å². The van der Waals surface area contributed by atoms with Crippen molar-refractivity contribution in [2.75, 3.05) is 6.61 Å². The number of ketones is 1. The first-order chi connectivity index (χ1) is 8.74. The molecule has 18 heavy (non-hydrogen) atoms. The number of ether oxygens (including phenoxy) is 1. The molecule has 0 amide bonds. The van der Waals surface area contributed by atoms with Crippen molar-refractivity contribution in [2.24, 2.45) is 11.8 Å². The third-order valence-corrected chi connectivity index (χ3v) is 3.23. The van der Waals surface area contributed by atoms with E-state index in [1.165, 1.54) is 0 Å². The Morgan fingerprint density at radius 2 is 1.94 bits per heavy atom. The zero-order valence-electron chi connectivity index (χ0n) is 10.6. The van der Waals surface area contributed by atoms with E-state index < -0.39 is 0 Å². The van der Waals surface area contributed by atoms with Crippen LogP contribution in [0.5, 0.6) is 0 Å². The molecule has 0 spiro atoms. The quantitative estimate of drug-likeness (QED) is 0.440. The van der Waals surface area contributed by atoms with Gasteiger partial charge in [-0.1, -0.05) is 43.7 Å². The lowest BCUT2D eigenvalue weighted by atomic mass is 10.1. The molecule has 1 aliphatic rings. The molecule has 0 aliphatic heterocycles. The molecule has 0 aromatic heterocycles. The molecule has 0 unspecified atom stereocenters. The van der Waals surface area contributed by atoms with E-state index in [4.69, 9.17) is 4.74 Å². The molecule has 1 fully saturated rings. The third kappa shape index (κ3) is 2.97. The van der Waals surface area contributed by atoms with Crippen molar-refractivity contribution >= 4 is 11.8 Å². The summed E-state index contributed by atoms with van der Waals surface area (Å²) in [6.07, 6.45) is 2.53. The maximum absolute atomic E-state index is 12.0. The zero-order chi connectivity index (χ0) is 13.0. The number of unbranched alkanes of at least 4 members (excludes halogenated alkanes) is 1. The first-order valence-corrected chi connectivity index (χ1v) is 6.50. The minimum absolute atomic E-state index is 0.0630. The number of Topliss-reactive ketones (excluding diaryl/α,β-unsaturated/α-hetero) is 1. The van der Waals surface area contributed by atoms with Crippen LogP contribution in [0.4, 0.5) is 0 Å². The van der Waals surface area contributed by atoms with Gasteiger partial charge in [-0.05, 0) is 12.8 Å². The van der Waals surface area contributed by atoms with E-state index >= 15 is 0 Å². The summed E-state index contributed by atoms with van der Waals surface area (Å²) in [4.78, 5) is 23.7. The summed E-state index contributed by atoms with van der Waals surface area (Å²) >= 11 is 0. The topological polar surface area (TPSA) is 43.4 Å². The fourth-order valence-electron chi connectivity index (χ4n) is 1.99. The average molecular weight is 246 g/mol. The van der Waals surface area contributed by atoms with Gasteiger partial charge in [0.1, 0.15) is 0 Å². The van der Waals surface area contributed by atoms with Crippen LogP contribution in [0.25, 0.3) is 0 Å². The minimum Gasteiger partial charge on any atom is -0.465 e. The molecular weight excluding hydrogens is 228 g/mol. The number of carbonyl (C=O) groups excluding carboxylic acids is 2. The van der Waals surface area contributed by atoms with Gasteiger partial charge >= 0.3 is 5.97 Å². The highest BCUT2D eigenvalue weighted by Gasteiger charge is 2.49. The number of rotatable bonds is 6. The largest absolute Gasteiger partial charge is 0.465 e. The van der Waals surface area contributed by atoms with Crippen molar-refractivity contribution < 1.29 is 14.3 Å². The van der Waals surface area contributed by atoms with Gasteiger partial charge in [0.05, 0.1) is 12.5 Å². The molecule has 96 valence electrons. The molecule has 1 aromatic carbocycles. The molecule has 1 aliphatic carbocycles. The highest BCUT2D eigenvalue weighted by Crippen LogP contribution is 2.41. The predicted molar refractivity (Wildman–Crippen MR) is 68.2 cm³/mol. The Morgan fingerprint density at radius 3 is 2.61 bits per heavy atom. The summed E-state index contributed by atoms with van der Waals surface area (Å²) < 4.78 is 5.13. The Kier molecular flexibility index (Phi) is 4.13. The smallest absolute Gasteiger partial charge is 0.309 e. The lowest BCUT2D eigenvalue weighted by Gasteiger charge is -2.03. The van der Waals surface area contributed by atoms with Gasteiger partial charge < -0.3 is 4.74 Å². The Hall–Kier alpha value is -1.64. The van der Waals surface area contributed by atoms with Crippen molar-refractivity contribution in [3.8, 4) is 0 Å². The fourth-order valence-corrected chi connectivity index (χ4v) is 1.99. The predicted octanol–water partition coefficient (Wildman–Crippen LogP) is 2.85. The van der Waals surface area contributed by atoms with E-state index in [0.29, 0.717) is 18.6 Å². The van der Waals surface area contributed by atoms with Crippen LogP contribution in [-0.2, 0) is 9.53 Å². The van der Waals surface area contributed by atoms with Crippen molar-refractivity contribution in [3.63, 3.8) is 0 Å². The van der Waals surface area contributed by atoms with Gasteiger partial charge in [-0.15, -0.1) is 0 Å². The highest BCUT2D eigenvalue weighted by atomic mass is 16.5. The first kappa shape index (κ1) is 12.8. The lowest BCUT2D eigenvalue weighted by molar-refractivity contribution is -0.145. The molecule has 1 aromatic rings. The molecule has 0 N–H and O–H groups in total. The monoisotopic (exact) mass is 246 g/mol. The molecular formula is C15H18O3. The van der Waals surface area contributed by atoms with E-state index in [-0.39, 0.29) is 23.6 Å². The van der Waals surface area contributed by atoms with Crippen molar-refractivity contribution in [1.29, 1.82) is 0 Å². The summed E-state index contributed by atoms with van der Waals surface area (Å²) in [5, 5.41) is 0. The van der Waals surface area contributed by atoms with Gasteiger partial charge in [0.2, 0.25) is 0 Å². The molecule has 0 heterocycles. The molecule has 3 nitrogen and oxygen atoms in total. The summed E-state index contributed by atoms with van der Waals surface area (Å²) in [6.45, 7) is 2.52. The maximum atomic E-state index is 12.0. The van der Waals surface area contributed by atoms with Crippen LogP contribution in [0.15, 0.2) is 30.3 Å². The van der Waals surface area contributed by atoms with E-state index in [0.717, 1.165) is 12.8 Å². The van der Waals surface area contributed by atoms with Gasteiger partial charge in [0.15, 0.2) is 5.78 Å². The summed E-state index contributed by atoms with van der Waals surface area (Å²) in [7, 11) is 0. The van der Waals surface area contributed by atoms with E-state index in [1.807, 2.05) is 25.1 Å². The summed E-state index contributed by atoms with van der Waals surface area (Å²) in [5.74, 6) is -0.526. The lowest BCUT2D eigenvalue weighted by Crippen LogP contribution is -2.12. The molecule has 2 rings (SSSR count). The van der Waals surface area contributed by atoms with Crippen LogP contribution < -0.4 is 0 Å². The number of esters is 1. The van der Waals surface area contributed by atoms with Gasteiger partial charge in [0.25, 0.3) is 0 Å². The Balaban J connectivity index is 1.84. The van der Waals surface area contributed by atoms with E-state index in [9.17, 15) is 9.59 Å². The van der Waals surface area contributed by atoms with Crippen LogP contribution in [0.3, 0.4) is 0 Å². The first-order valence-electron chi connectivity index (χ1n) is 6.50. The number of benzene rings is 1. The van der Waals surface area contributed by atoms with Crippen molar-refractivity contribution in [1.82, 2.24) is 0 Å². The second-order valence-corrected chi connectivity index (χ2v) is 4.70. The zero-order valence-corrected chi connectivity index (χ0v) is 10.6. The Labute approximate surface area is 107 Å². The number of hydrogen-bond donors (Lipinski definition) is 0. The van der Waals surface area contributed by atoms with Crippen LogP contribution in [0.2, 0.25) is 0 Å². The van der Waals surface area contributed by atoms with Crippen molar-refractivity contribution in [3.05, 3.63) is 35.9 Å². The highest BCUT2D eigenvalue weighted by molar-refractivity contribution is 6.02. The molecule has 0 bridgehead atoms. The van der Waals surface area contributed by atoms with Crippen LogP contribution in [0, 0.1) is 11.8 Å². The Bertz CT molecular complexity index is 425. The summed E-state index contributed by atoms with van der Waals surface area (Å²) in [5.41, 5.74) is 0.686. The number of carbonyl (C=O) groups is 2. The molecule has 1 saturated carbocycles. The second kappa shape index (κ2) is 5.80. The van der Waals surface area contributed by atoms with Gasteiger partial charge in [0, 0.05) is 11.5 Å². The van der Waals surface area contributed by atoms with Gasteiger partial charge in [-0.25, -0.2) is 0 Å². The maximum Gasteiger partial charge on any atom is 0.309 e. The van der Waals surface area contributed by atoms with Gasteiger partial charge in [-0.3, -0.25) is 9.59 Å². The molecule has 0 radical (unpaired) electrons. The van der Waals surface area contributed by atoms with E-state index in [1.54, 1.807) is 12.1 Å². The summed E-state index contributed by atoms with van der Waals surface area (Å²) in [6, 6.07) is 9.13. The van der Waals surface area contributed by atoms with E-state index in [2.05, 4.69) is 0 Å².